The van der Waals surface area contributed by atoms with E-state index in [1.54, 1.807) is 42.6 Å². The number of benzene rings is 1. The summed E-state index contributed by atoms with van der Waals surface area (Å²) < 4.78 is 7.16. The molecule has 0 aliphatic heterocycles. The van der Waals surface area contributed by atoms with Crippen LogP contribution in [-0.4, -0.2) is 15.3 Å². The lowest BCUT2D eigenvalue weighted by molar-refractivity contribution is -0.114. The Labute approximate surface area is 155 Å². The van der Waals surface area contributed by atoms with Gasteiger partial charge in [0.15, 0.2) is 0 Å². The van der Waals surface area contributed by atoms with E-state index in [1.165, 1.54) is 4.40 Å². The Morgan fingerprint density at radius 2 is 1.96 bits per heavy atom. The maximum atomic E-state index is 12.9. The van der Waals surface area contributed by atoms with Crippen molar-refractivity contribution in [1.82, 2.24) is 9.38 Å². The summed E-state index contributed by atoms with van der Waals surface area (Å²) in [4.78, 5) is 28.7. The minimum Gasteiger partial charge on any atom is -0.438 e. The Morgan fingerprint density at radius 1 is 1.26 bits per heavy atom. The molecule has 0 aliphatic carbocycles. The van der Waals surface area contributed by atoms with Crippen LogP contribution in [-0.2, 0) is 4.79 Å². The molecule has 27 heavy (non-hydrogen) atoms. The first-order chi connectivity index (χ1) is 12.9. The van der Waals surface area contributed by atoms with Crippen LogP contribution < -0.4 is 16.0 Å². The number of aryl methyl sites for hydroxylation is 2. The first kappa shape index (κ1) is 17.9. The van der Waals surface area contributed by atoms with E-state index in [-0.39, 0.29) is 17.0 Å². The lowest BCUT2D eigenvalue weighted by Gasteiger charge is -2.11. The van der Waals surface area contributed by atoms with Gasteiger partial charge in [-0.15, -0.1) is 0 Å². The maximum Gasteiger partial charge on any atom is 0.269 e. The Balaban J connectivity index is 2.26. The minimum absolute atomic E-state index is 0.00907. The third-order valence-corrected chi connectivity index (χ3v) is 3.82. The molecule has 0 bridgehead atoms. The van der Waals surface area contributed by atoms with Crippen LogP contribution in [0.5, 0.6) is 11.6 Å². The molecule has 2 N–H and O–H groups in total. The molecule has 0 radical (unpaired) electrons. The van der Waals surface area contributed by atoms with E-state index >= 15 is 0 Å². The fourth-order valence-electron chi connectivity index (χ4n) is 2.69. The number of nitriles is 1. The van der Waals surface area contributed by atoms with Crippen LogP contribution in [0.15, 0.2) is 53.0 Å². The van der Waals surface area contributed by atoms with Crippen LogP contribution in [0.3, 0.4) is 0 Å². The highest BCUT2D eigenvalue weighted by atomic mass is 16.5. The molecule has 2 aromatic heterocycles. The summed E-state index contributed by atoms with van der Waals surface area (Å²) in [6, 6.07) is 12.3. The normalized spacial score (nSPS) is 11.2. The van der Waals surface area contributed by atoms with Gasteiger partial charge in [-0.25, -0.2) is 0 Å². The molecular formula is C20H16N4O3. The van der Waals surface area contributed by atoms with Gasteiger partial charge < -0.3 is 10.5 Å². The molecule has 0 fully saturated rings. The number of carbonyl (C=O) groups is 1. The third kappa shape index (κ3) is 3.70. The summed E-state index contributed by atoms with van der Waals surface area (Å²) >= 11 is 0. The average molecular weight is 360 g/mol. The van der Waals surface area contributed by atoms with Crippen molar-refractivity contribution in [1.29, 1.82) is 5.26 Å². The van der Waals surface area contributed by atoms with Gasteiger partial charge in [0.1, 0.15) is 28.6 Å². The van der Waals surface area contributed by atoms with Crippen molar-refractivity contribution in [2.24, 2.45) is 5.73 Å². The lowest BCUT2D eigenvalue weighted by Crippen LogP contribution is -2.20. The molecule has 3 rings (SSSR count). The molecule has 2 heterocycles. The SMILES string of the molecule is Cc1cc(C)cc(Oc2nc3ccccn3c(=O)c2/C=C(\C#N)C(N)=O)c1. The molecule has 134 valence electrons. The number of rotatable bonds is 4. The molecule has 1 aromatic carbocycles. The lowest BCUT2D eigenvalue weighted by atomic mass is 10.1. The summed E-state index contributed by atoms with van der Waals surface area (Å²) in [5.74, 6) is -0.454. The van der Waals surface area contributed by atoms with Crippen molar-refractivity contribution in [3.63, 3.8) is 0 Å². The molecule has 1 amide bonds. The zero-order valence-electron chi connectivity index (χ0n) is 14.8. The van der Waals surface area contributed by atoms with E-state index < -0.39 is 11.5 Å². The van der Waals surface area contributed by atoms with Crippen molar-refractivity contribution >= 4 is 17.6 Å². The summed E-state index contributed by atoms with van der Waals surface area (Å²) in [6.07, 6.45) is 2.65. The van der Waals surface area contributed by atoms with Gasteiger partial charge in [0.25, 0.3) is 11.5 Å². The first-order valence-electron chi connectivity index (χ1n) is 8.08. The highest BCUT2D eigenvalue weighted by molar-refractivity contribution is 6.00. The smallest absolute Gasteiger partial charge is 0.269 e. The van der Waals surface area contributed by atoms with Crippen LogP contribution in [0.25, 0.3) is 11.7 Å². The number of fused-ring (bicyclic) bond motifs is 1. The number of hydrogen-bond acceptors (Lipinski definition) is 5. The highest BCUT2D eigenvalue weighted by Gasteiger charge is 2.16. The number of carbonyl (C=O) groups excluding carboxylic acids is 1. The number of hydrogen-bond donors (Lipinski definition) is 1. The largest absolute Gasteiger partial charge is 0.438 e. The Hall–Kier alpha value is -3.92. The van der Waals surface area contributed by atoms with Crippen molar-refractivity contribution in [2.75, 3.05) is 0 Å². The second kappa shape index (κ2) is 7.14. The van der Waals surface area contributed by atoms with Crippen molar-refractivity contribution in [3.05, 3.63) is 75.2 Å². The van der Waals surface area contributed by atoms with Gasteiger partial charge in [-0.1, -0.05) is 12.1 Å². The van der Waals surface area contributed by atoms with Crippen LogP contribution in [0.4, 0.5) is 0 Å². The summed E-state index contributed by atoms with van der Waals surface area (Å²) in [7, 11) is 0. The van der Waals surface area contributed by atoms with E-state index in [2.05, 4.69) is 4.98 Å². The van der Waals surface area contributed by atoms with E-state index in [1.807, 2.05) is 19.9 Å². The van der Waals surface area contributed by atoms with Gasteiger partial charge in [-0.2, -0.15) is 10.2 Å². The van der Waals surface area contributed by atoms with Gasteiger partial charge in [0.2, 0.25) is 5.88 Å². The number of primary amides is 1. The topological polar surface area (TPSA) is 110 Å². The quantitative estimate of drug-likeness (QED) is 0.568. The number of amides is 1. The van der Waals surface area contributed by atoms with E-state index in [0.29, 0.717) is 11.4 Å². The van der Waals surface area contributed by atoms with E-state index in [0.717, 1.165) is 17.2 Å². The zero-order chi connectivity index (χ0) is 19.6. The second-order valence-corrected chi connectivity index (χ2v) is 6.02. The molecule has 7 nitrogen and oxygen atoms in total. The molecular weight excluding hydrogens is 344 g/mol. The van der Waals surface area contributed by atoms with Crippen molar-refractivity contribution in [3.8, 4) is 17.7 Å². The minimum atomic E-state index is -0.938. The molecule has 0 saturated heterocycles. The molecule has 7 heteroatoms. The first-order valence-corrected chi connectivity index (χ1v) is 8.08. The Kier molecular flexibility index (Phi) is 4.73. The van der Waals surface area contributed by atoms with Gasteiger partial charge >= 0.3 is 0 Å². The molecule has 0 saturated carbocycles. The fraction of sp³-hybridized carbons (Fsp3) is 0.100. The third-order valence-electron chi connectivity index (χ3n) is 3.82. The van der Waals surface area contributed by atoms with Gasteiger partial charge in [0.05, 0.1) is 0 Å². The average Bonchev–Trinajstić information content (AvgIpc) is 2.60. The molecule has 0 unspecified atom stereocenters. The van der Waals surface area contributed by atoms with Crippen molar-refractivity contribution < 1.29 is 9.53 Å². The zero-order valence-corrected chi connectivity index (χ0v) is 14.8. The number of nitrogens with zero attached hydrogens (tertiary/aromatic N) is 3. The van der Waals surface area contributed by atoms with Crippen LogP contribution in [0.1, 0.15) is 16.7 Å². The number of pyridine rings is 1. The van der Waals surface area contributed by atoms with Gasteiger partial charge in [-0.05, 0) is 55.3 Å². The summed E-state index contributed by atoms with van der Waals surface area (Å²) in [6.45, 7) is 3.84. The highest BCUT2D eigenvalue weighted by Crippen LogP contribution is 2.25. The summed E-state index contributed by atoms with van der Waals surface area (Å²) in [5.41, 5.74) is 6.66. The molecule has 0 spiro atoms. The summed E-state index contributed by atoms with van der Waals surface area (Å²) in [5, 5.41) is 9.13. The molecule has 0 aliphatic rings. The monoisotopic (exact) mass is 360 g/mol. The predicted molar refractivity (Wildman–Crippen MR) is 100 cm³/mol. The van der Waals surface area contributed by atoms with Gasteiger partial charge in [-0.3, -0.25) is 14.0 Å². The second-order valence-electron chi connectivity index (χ2n) is 6.02. The van der Waals surface area contributed by atoms with Crippen LogP contribution >= 0.6 is 0 Å². The standard InChI is InChI=1S/C20H16N4O3/c1-12-7-13(2)9-15(8-12)27-19-16(10-14(11-21)18(22)25)20(26)24-6-4-3-5-17(24)23-19/h3-10H,1-2H3,(H2,22,25)/b14-10+. The molecule has 0 atom stereocenters. The number of nitrogens with two attached hydrogens (primary N) is 1. The van der Waals surface area contributed by atoms with Crippen LogP contribution in [0.2, 0.25) is 0 Å². The van der Waals surface area contributed by atoms with Crippen molar-refractivity contribution in [2.45, 2.75) is 13.8 Å². The van der Waals surface area contributed by atoms with Gasteiger partial charge in [0, 0.05) is 6.20 Å². The number of ether oxygens (including phenoxy) is 1. The number of aromatic nitrogens is 2. The predicted octanol–water partition coefficient (Wildman–Crippen LogP) is 2.50. The van der Waals surface area contributed by atoms with Crippen LogP contribution in [0, 0.1) is 25.2 Å². The van der Waals surface area contributed by atoms with E-state index in [9.17, 15) is 9.59 Å². The Morgan fingerprint density at radius 3 is 2.59 bits per heavy atom. The Bertz CT molecular complexity index is 1170. The maximum absolute atomic E-state index is 12.9. The fourth-order valence-corrected chi connectivity index (χ4v) is 2.69. The van der Waals surface area contributed by atoms with E-state index in [4.69, 9.17) is 15.7 Å². The molecule has 3 aromatic rings.